The van der Waals surface area contributed by atoms with E-state index in [9.17, 15) is 13.2 Å². The molecular weight excluding hydrogens is 402 g/mol. The first-order valence-corrected chi connectivity index (χ1v) is 10.3. The first kappa shape index (κ1) is 23.9. The SMILES string of the molecule is CCCCOc1ccc(C(=O)Nc2cccc(S(=O)(=O)NCCN)c2)cc1.Cl. The van der Waals surface area contributed by atoms with Gasteiger partial charge in [-0.3, -0.25) is 4.79 Å². The summed E-state index contributed by atoms with van der Waals surface area (Å²) in [5.41, 5.74) is 6.16. The van der Waals surface area contributed by atoms with Crippen molar-refractivity contribution >= 4 is 34.0 Å². The lowest BCUT2D eigenvalue weighted by Crippen LogP contribution is -2.29. The molecule has 28 heavy (non-hydrogen) atoms. The third-order valence-corrected chi connectivity index (χ3v) is 5.18. The molecule has 0 aliphatic rings. The fraction of sp³-hybridized carbons (Fsp3) is 0.316. The Kier molecular flexibility index (Phi) is 9.95. The van der Waals surface area contributed by atoms with E-state index in [4.69, 9.17) is 10.5 Å². The molecule has 0 bridgehead atoms. The molecule has 154 valence electrons. The van der Waals surface area contributed by atoms with Crippen LogP contribution < -0.4 is 20.5 Å². The molecule has 2 aromatic rings. The summed E-state index contributed by atoms with van der Waals surface area (Å²) < 4.78 is 32.3. The quantitative estimate of drug-likeness (QED) is 0.505. The number of amides is 1. The number of nitrogens with two attached hydrogens (primary N) is 1. The highest BCUT2D eigenvalue weighted by atomic mass is 35.5. The number of hydrogen-bond donors (Lipinski definition) is 3. The molecule has 0 aliphatic carbocycles. The molecule has 0 saturated heterocycles. The lowest BCUT2D eigenvalue weighted by atomic mass is 10.2. The summed E-state index contributed by atoms with van der Waals surface area (Å²) in [5.74, 6) is 0.374. The van der Waals surface area contributed by atoms with Crippen molar-refractivity contribution in [3.8, 4) is 5.75 Å². The van der Waals surface area contributed by atoms with Gasteiger partial charge in [-0.2, -0.15) is 0 Å². The van der Waals surface area contributed by atoms with E-state index in [1.54, 1.807) is 36.4 Å². The van der Waals surface area contributed by atoms with Crippen molar-refractivity contribution < 1.29 is 17.9 Å². The molecule has 0 unspecified atom stereocenters. The Morgan fingerprint density at radius 2 is 1.86 bits per heavy atom. The van der Waals surface area contributed by atoms with Gasteiger partial charge in [0.1, 0.15) is 5.75 Å². The molecule has 0 spiro atoms. The van der Waals surface area contributed by atoms with Crippen molar-refractivity contribution in [2.24, 2.45) is 5.73 Å². The molecule has 0 aromatic heterocycles. The van der Waals surface area contributed by atoms with Gasteiger partial charge in [-0.25, -0.2) is 13.1 Å². The van der Waals surface area contributed by atoms with E-state index in [2.05, 4.69) is 17.0 Å². The molecule has 4 N–H and O–H groups in total. The Labute approximate surface area is 172 Å². The number of unbranched alkanes of at least 4 members (excludes halogenated alkanes) is 1. The molecular formula is C19H26ClN3O4S. The lowest BCUT2D eigenvalue weighted by molar-refractivity contribution is 0.102. The van der Waals surface area contributed by atoms with Crippen LogP contribution in [0.15, 0.2) is 53.4 Å². The molecule has 0 fully saturated rings. The van der Waals surface area contributed by atoms with E-state index in [-0.39, 0.29) is 36.3 Å². The van der Waals surface area contributed by atoms with E-state index in [0.717, 1.165) is 12.8 Å². The summed E-state index contributed by atoms with van der Waals surface area (Å²) in [4.78, 5) is 12.4. The van der Waals surface area contributed by atoms with Gasteiger partial charge in [0.25, 0.3) is 5.91 Å². The van der Waals surface area contributed by atoms with Crippen molar-refractivity contribution in [3.63, 3.8) is 0 Å². The summed E-state index contributed by atoms with van der Waals surface area (Å²) in [5, 5.41) is 2.70. The fourth-order valence-electron chi connectivity index (χ4n) is 2.26. The summed E-state index contributed by atoms with van der Waals surface area (Å²) in [6.45, 7) is 3.08. The monoisotopic (exact) mass is 427 g/mol. The number of halogens is 1. The Morgan fingerprint density at radius 3 is 2.50 bits per heavy atom. The topological polar surface area (TPSA) is 111 Å². The number of carbonyl (C=O) groups excluding carboxylic acids is 1. The Balaban J connectivity index is 0.00000392. The predicted molar refractivity (Wildman–Crippen MR) is 113 cm³/mol. The Morgan fingerprint density at radius 1 is 1.14 bits per heavy atom. The zero-order chi connectivity index (χ0) is 19.7. The maximum absolute atomic E-state index is 12.4. The van der Waals surface area contributed by atoms with E-state index in [1.165, 1.54) is 12.1 Å². The van der Waals surface area contributed by atoms with E-state index < -0.39 is 10.0 Å². The number of anilines is 1. The smallest absolute Gasteiger partial charge is 0.255 e. The number of rotatable bonds is 10. The molecule has 7 nitrogen and oxygen atoms in total. The third-order valence-electron chi connectivity index (χ3n) is 3.72. The predicted octanol–water partition coefficient (Wildman–Crippen LogP) is 2.78. The summed E-state index contributed by atoms with van der Waals surface area (Å²) >= 11 is 0. The van der Waals surface area contributed by atoms with Crippen molar-refractivity contribution in [3.05, 3.63) is 54.1 Å². The van der Waals surface area contributed by atoms with Crippen molar-refractivity contribution in [2.45, 2.75) is 24.7 Å². The lowest BCUT2D eigenvalue weighted by Gasteiger charge is -2.10. The minimum Gasteiger partial charge on any atom is -0.494 e. The first-order chi connectivity index (χ1) is 13.0. The van der Waals surface area contributed by atoms with Gasteiger partial charge < -0.3 is 15.8 Å². The average molecular weight is 428 g/mol. The van der Waals surface area contributed by atoms with Crippen LogP contribution in [0.5, 0.6) is 5.75 Å². The average Bonchev–Trinajstić information content (AvgIpc) is 2.67. The summed E-state index contributed by atoms with van der Waals surface area (Å²) in [6, 6.07) is 12.9. The Hall–Kier alpha value is -2.13. The van der Waals surface area contributed by atoms with Crippen LogP contribution in [0.2, 0.25) is 0 Å². The number of hydrogen-bond acceptors (Lipinski definition) is 5. The maximum atomic E-state index is 12.4. The van der Waals surface area contributed by atoms with Crippen LogP contribution in [0, 0.1) is 0 Å². The maximum Gasteiger partial charge on any atom is 0.255 e. The second kappa shape index (κ2) is 11.7. The molecule has 1 amide bonds. The van der Waals surface area contributed by atoms with Gasteiger partial charge in [-0.1, -0.05) is 19.4 Å². The molecule has 0 atom stereocenters. The number of sulfonamides is 1. The highest BCUT2D eigenvalue weighted by molar-refractivity contribution is 7.89. The molecule has 2 rings (SSSR count). The molecule has 0 aliphatic heterocycles. The van der Waals surface area contributed by atoms with Gasteiger partial charge in [0.2, 0.25) is 10.0 Å². The normalized spacial score (nSPS) is 10.8. The molecule has 0 saturated carbocycles. The van der Waals surface area contributed by atoms with E-state index in [1.807, 2.05) is 0 Å². The van der Waals surface area contributed by atoms with Crippen LogP contribution in [-0.4, -0.2) is 34.0 Å². The molecule has 9 heteroatoms. The van der Waals surface area contributed by atoms with Crippen molar-refractivity contribution in [1.29, 1.82) is 0 Å². The van der Waals surface area contributed by atoms with Crippen LogP contribution >= 0.6 is 12.4 Å². The minimum absolute atomic E-state index is 0. The van der Waals surface area contributed by atoms with Gasteiger partial charge >= 0.3 is 0 Å². The van der Waals surface area contributed by atoms with E-state index >= 15 is 0 Å². The minimum atomic E-state index is -3.66. The first-order valence-electron chi connectivity index (χ1n) is 8.80. The van der Waals surface area contributed by atoms with Crippen LogP contribution in [-0.2, 0) is 10.0 Å². The van der Waals surface area contributed by atoms with Crippen LogP contribution in [0.25, 0.3) is 0 Å². The van der Waals surface area contributed by atoms with Gasteiger partial charge in [0.15, 0.2) is 0 Å². The van der Waals surface area contributed by atoms with Crippen LogP contribution in [0.3, 0.4) is 0 Å². The highest BCUT2D eigenvalue weighted by Crippen LogP contribution is 2.18. The molecule has 0 radical (unpaired) electrons. The zero-order valence-corrected chi connectivity index (χ0v) is 17.3. The van der Waals surface area contributed by atoms with Crippen LogP contribution in [0.1, 0.15) is 30.1 Å². The zero-order valence-electron chi connectivity index (χ0n) is 15.7. The molecule has 2 aromatic carbocycles. The van der Waals surface area contributed by atoms with E-state index in [0.29, 0.717) is 23.6 Å². The van der Waals surface area contributed by atoms with Crippen molar-refractivity contribution in [1.82, 2.24) is 4.72 Å². The van der Waals surface area contributed by atoms with Crippen LogP contribution in [0.4, 0.5) is 5.69 Å². The standard InChI is InChI=1S/C19H25N3O4S.ClH/c1-2-3-13-26-17-9-7-15(8-10-17)19(23)22-16-5-4-6-18(14-16)27(24,25)21-12-11-20;/h4-10,14,21H,2-3,11-13,20H2,1H3,(H,22,23);1H. The summed E-state index contributed by atoms with van der Waals surface area (Å²) in [7, 11) is -3.66. The number of nitrogens with one attached hydrogen (secondary N) is 2. The largest absolute Gasteiger partial charge is 0.494 e. The second-order valence-corrected chi connectivity index (χ2v) is 7.66. The van der Waals surface area contributed by atoms with Gasteiger partial charge in [-0.15, -0.1) is 12.4 Å². The van der Waals surface area contributed by atoms with Gasteiger partial charge in [0.05, 0.1) is 11.5 Å². The second-order valence-electron chi connectivity index (χ2n) is 5.89. The number of benzene rings is 2. The molecule has 0 heterocycles. The highest BCUT2D eigenvalue weighted by Gasteiger charge is 2.14. The number of ether oxygens (including phenoxy) is 1. The van der Waals surface area contributed by atoms with Gasteiger partial charge in [0, 0.05) is 24.3 Å². The van der Waals surface area contributed by atoms with Gasteiger partial charge in [-0.05, 0) is 48.9 Å². The third kappa shape index (κ3) is 7.12. The van der Waals surface area contributed by atoms with Crippen molar-refractivity contribution in [2.75, 3.05) is 25.0 Å². The fourth-order valence-corrected chi connectivity index (χ4v) is 3.35. The summed E-state index contributed by atoms with van der Waals surface area (Å²) in [6.07, 6.45) is 2.03. The Bertz CT molecular complexity index is 858. The number of carbonyl (C=O) groups is 1.